The van der Waals surface area contributed by atoms with Crippen molar-refractivity contribution in [1.29, 1.82) is 0 Å². The molecule has 0 spiro atoms. The molecular weight excluding hydrogens is 438 g/mol. The molecule has 0 saturated heterocycles. The van der Waals surface area contributed by atoms with Gasteiger partial charge in [-0.2, -0.15) is 5.10 Å². The molecule has 7 heteroatoms. The zero-order chi connectivity index (χ0) is 23.2. The predicted octanol–water partition coefficient (Wildman–Crippen LogP) is 5.73. The van der Waals surface area contributed by atoms with Gasteiger partial charge in [-0.15, -0.1) is 0 Å². The molecule has 33 heavy (non-hydrogen) atoms. The summed E-state index contributed by atoms with van der Waals surface area (Å²) in [7, 11) is 1.58. The monoisotopic (exact) mass is 461 g/mol. The van der Waals surface area contributed by atoms with Crippen LogP contribution in [0.1, 0.15) is 27.3 Å². The van der Waals surface area contributed by atoms with Crippen molar-refractivity contribution in [2.24, 2.45) is 0 Å². The van der Waals surface area contributed by atoms with Crippen LogP contribution in [0, 0.1) is 6.92 Å². The lowest BCUT2D eigenvalue weighted by molar-refractivity contribution is 0.102. The van der Waals surface area contributed by atoms with E-state index in [4.69, 9.17) is 21.1 Å². The molecule has 0 unspecified atom stereocenters. The first-order valence-electron chi connectivity index (χ1n) is 10.5. The van der Waals surface area contributed by atoms with E-state index in [0.29, 0.717) is 35.3 Å². The SMILES string of the molecule is COc1cccc(NC(=O)c2cc(C)n(Cc3cc(Cl)ccc3OCc3ccccc3)n2)c1. The zero-order valence-electron chi connectivity index (χ0n) is 18.4. The molecule has 168 valence electrons. The second-order valence-electron chi connectivity index (χ2n) is 7.54. The lowest BCUT2D eigenvalue weighted by Crippen LogP contribution is -2.14. The molecule has 0 radical (unpaired) electrons. The average molecular weight is 462 g/mol. The lowest BCUT2D eigenvalue weighted by Gasteiger charge is -2.13. The highest BCUT2D eigenvalue weighted by Crippen LogP contribution is 2.25. The molecule has 0 saturated carbocycles. The number of carbonyl (C=O) groups excluding carboxylic acids is 1. The Morgan fingerprint density at radius 3 is 2.64 bits per heavy atom. The van der Waals surface area contributed by atoms with E-state index in [2.05, 4.69) is 10.4 Å². The molecule has 3 aromatic carbocycles. The molecule has 6 nitrogen and oxygen atoms in total. The van der Waals surface area contributed by atoms with Gasteiger partial charge in [0.25, 0.3) is 5.91 Å². The molecule has 1 amide bonds. The van der Waals surface area contributed by atoms with Gasteiger partial charge in [0.15, 0.2) is 5.69 Å². The van der Waals surface area contributed by atoms with E-state index >= 15 is 0 Å². The number of nitrogens with one attached hydrogen (secondary N) is 1. The third-order valence-electron chi connectivity index (χ3n) is 5.12. The normalized spacial score (nSPS) is 10.6. The quantitative estimate of drug-likeness (QED) is 0.363. The largest absolute Gasteiger partial charge is 0.497 e. The van der Waals surface area contributed by atoms with E-state index in [1.165, 1.54) is 0 Å². The Bertz CT molecular complexity index is 1250. The number of nitrogens with zero attached hydrogens (tertiary/aromatic N) is 2. The maximum atomic E-state index is 12.7. The Hall–Kier alpha value is -3.77. The fraction of sp³-hybridized carbons (Fsp3) is 0.154. The van der Waals surface area contributed by atoms with Gasteiger partial charge >= 0.3 is 0 Å². The maximum Gasteiger partial charge on any atom is 0.276 e. The van der Waals surface area contributed by atoms with Crippen LogP contribution in [0.2, 0.25) is 5.02 Å². The Morgan fingerprint density at radius 2 is 1.85 bits per heavy atom. The number of benzene rings is 3. The highest BCUT2D eigenvalue weighted by molar-refractivity contribution is 6.30. The van der Waals surface area contributed by atoms with E-state index < -0.39 is 0 Å². The maximum absolute atomic E-state index is 12.7. The summed E-state index contributed by atoms with van der Waals surface area (Å²) in [6.45, 7) is 2.77. The van der Waals surface area contributed by atoms with Crippen molar-refractivity contribution in [2.75, 3.05) is 12.4 Å². The second-order valence-corrected chi connectivity index (χ2v) is 7.98. The molecule has 0 fully saturated rings. The highest BCUT2D eigenvalue weighted by Gasteiger charge is 2.15. The van der Waals surface area contributed by atoms with E-state index in [1.807, 2.05) is 61.5 Å². The molecule has 4 aromatic rings. The van der Waals surface area contributed by atoms with Crippen LogP contribution >= 0.6 is 11.6 Å². The number of aromatic nitrogens is 2. The minimum absolute atomic E-state index is 0.295. The molecule has 0 aliphatic heterocycles. The molecule has 0 aliphatic rings. The van der Waals surface area contributed by atoms with Crippen molar-refractivity contribution in [1.82, 2.24) is 9.78 Å². The van der Waals surface area contributed by atoms with Gasteiger partial charge in [-0.3, -0.25) is 9.48 Å². The summed E-state index contributed by atoms with van der Waals surface area (Å²) >= 11 is 6.25. The van der Waals surface area contributed by atoms with Crippen molar-refractivity contribution in [3.63, 3.8) is 0 Å². The molecule has 4 rings (SSSR count). The number of carbonyl (C=O) groups is 1. The van der Waals surface area contributed by atoms with Crippen LogP contribution in [0.15, 0.2) is 78.9 Å². The molecule has 0 atom stereocenters. The van der Waals surface area contributed by atoms with Crippen LogP contribution < -0.4 is 14.8 Å². The Balaban J connectivity index is 1.50. The van der Waals surface area contributed by atoms with E-state index in [1.54, 1.807) is 36.1 Å². The minimum atomic E-state index is -0.295. The Labute approximate surface area is 197 Å². The number of hydrogen-bond donors (Lipinski definition) is 1. The van der Waals surface area contributed by atoms with Crippen LogP contribution in [0.25, 0.3) is 0 Å². The number of amides is 1. The van der Waals surface area contributed by atoms with Crippen molar-refractivity contribution in [3.05, 3.63) is 106 Å². The van der Waals surface area contributed by atoms with Crippen molar-refractivity contribution in [3.8, 4) is 11.5 Å². The van der Waals surface area contributed by atoms with Gasteiger partial charge in [0.2, 0.25) is 0 Å². The van der Waals surface area contributed by atoms with Crippen molar-refractivity contribution in [2.45, 2.75) is 20.1 Å². The van der Waals surface area contributed by atoms with Gasteiger partial charge in [-0.25, -0.2) is 0 Å². The van der Waals surface area contributed by atoms with E-state index in [-0.39, 0.29) is 5.91 Å². The average Bonchev–Trinajstić information content (AvgIpc) is 3.19. The number of anilines is 1. The lowest BCUT2D eigenvalue weighted by atomic mass is 10.2. The van der Waals surface area contributed by atoms with Gasteiger partial charge in [0.1, 0.15) is 18.1 Å². The third-order valence-corrected chi connectivity index (χ3v) is 5.36. The number of aryl methyl sites for hydroxylation is 1. The van der Waals surface area contributed by atoms with Crippen LogP contribution in [0.4, 0.5) is 5.69 Å². The summed E-state index contributed by atoms with van der Waals surface area (Å²) in [5.41, 5.74) is 3.76. The van der Waals surface area contributed by atoms with Crippen LogP contribution in [0.3, 0.4) is 0 Å². The summed E-state index contributed by atoms with van der Waals surface area (Å²) in [6, 6.07) is 24.4. The van der Waals surface area contributed by atoms with Crippen LogP contribution in [-0.4, -0.2) is 22.8 Å². The second kappa shape index (κ2) is 10.2. The molecule has 1 N–H and O–H groups in total. The van der Waals surface area contributed by atoms with Gasteiger partial charge in [-0.05, 0) is 48.9 Å². The minimum Gasteiger partial charge on any atom is -0.497 e. The van der Waals surface area contributed by atoms with Crippen LogP contribution in [-0.2, 0) is 13.2 Å². The van der Waals surface area contributed by atoms with Crippen molar-refractivity contribution < 1.29 is 14.3 Å². The molecular formula is C26H24ClN3O3. The zero-order valence-corrected chi connectivity index (χ0v) is 19.2. The first-order valence-corrected chi connectivity index (χ1v) is 10.8. The molecule has 1 heterocycles. The van der Waals surface area contributed by atoms with Crippen LogP contribution in [0.5, 0.6) is 11.5 Å². The smallest absolute Gasteiger partial charge is 0.276 e. The Kier molecular flexibility index (Phi) is 6.95. The summed E-state index contributed by atoms with van der Waals surface area (Å²) in [6.07, 6.45) is 0. The van der Waals surface area contributed by atoms with Gasteiger partial charge in [-0.1, -0.05) is 48.0 Å². The summed E-state index contributed by atoms with van der Waals surface area (Å²) < 4.78 is 13.0. The van der Waals surface area contributed by atoms with Gasteiger partial charge in [0, 0.05) is 28.0 Å². The standard InChI is InChI=1S/C26H24ClN3O3/c1-18-13-24(26(31)28-22-9-6-10-23(15-22)32-2)29-30(18)16-20-14-21(27)11-12-25(20)33-17-19-7-4-3-5-8-19/h3-15H,16-17H2,1-2H3,(H,28,31). The fourth-order valence-electron chi connectivity index (χ4n) is 3.39. The number of halogens is 1. The number of rotatable bonds is 8. The molecule has 0 aliphatic carbocycles. The number of hydrogen-bond acceptors (Lipinski definition) is 4. The summed E-state index contributed by atoms with van der Waals surface area (Å²) in [5, 5.41) is 7.97. The first kappa shape index (κ1) is 22.4. The number of ether oxygens (including phenoxy) is 2. The van der Waals surface area contributed by atoms with E-state index in [9.17, 15) is 4.79 Å². The summed E-state index contributed by atoms with van der Waals surface area (Å²) in [5.74, 6) is 1.09. The fourth-order valence-corrected chi connectivity index (χ4v) is 3.58. The van der Waals surface area contributed by atoms with E-state index in [0.717, 1.165) is 22.6 Å². The molecule has 1 aromatic heterocycles. The summed E-state index contributed by atoms with van der Waals surface area (Å²) in [4.78, 5) is 12.7. The number of methoxy groups -OCH3 is 1. The predicted molar refractivity (Wildman–Crippen MR) is 129 cm³/mol. The first-order chi connectivity index (χ1) is 16.0. The van der Waals surface area contributed by atoms with Gasteiger partial charge < -0.3 is 14.8 Å². The Morgan fingerprint density at radius 1 is 1.03 bits per heavy atom. The van der Waals surface area contributed by atoms with Crippen molar-refractivity contribution >= 4 is 23.2 Å². The highest BCUT2D eigenvalue weighted by atomic mass is 35.5. The molecule has 0 bridgehead atoms. The topological polar surface area (TPSA) is 65.4 Å². The third kappa shape index (κ3) is 5.73. The van der Waals surface area contributed by atoms with Gasteiger partial charge in [0.05, 0.1) is 13.7 Å².